The van der Waals surface area contributed by atoms with Crippen LogP contribution in [-0.4, -0.2) is 24.1 Å². The highest BCUT2D eigenvalue weighted by molar-refractivity contribution is 7.99. The van der Waals surface area contributed by atoms with Gasteiger partial charge in [0.1, 0.15) is 0 Å². The van der Waals surface area contributed by atoms with Crippen molar-refractivity contribution >= 4 is 17.7 Å². The van der Waals surface area contributed by atoms with Crippen LogP contribution < -0.4 is 0 Å². The third-order valence-corrected chi connectivity index (χ3v) is 8.15. The average Bonchev–Trinajstić information content (AvgIpc) is 2.81. The number of carbonyl (C=O) groups is 1. The van der Waals surface area contributed by atoms with Gasteiger partial charge < -0.3 is 4.74 Å². The first-order valence-corrected chi connectivity index (χ1v) is 16.8. The molecule has 1 atom stereocenters. The Hall–Kier alpha value is -0.180. The minimum atomic E-state index is 0.0223. The number of hydrogen-bond acceptors (Lipinski definition) is 3. The van der Waals surface area contributed by atoms with Gasteiger partial charge in [0, 0.05) is 5.75 Å². The van der Waals surface area contributed by atoms with Gasteiger partial charge in [-0.05, 0) is 42.8 Å². The summed E-state index contributed by atoms with van der Waals surface area (Å²) in [5.74, 6) is 2.68. The molecule has 0 aliphatic rings. The predicted molar refractivity (Wildman–Crippen MR) is 160 cm³/mol. The Morgan fingerprint density at radius 3 is 1.66 bits per heavy atom. The summed E-state index contributed by atoms with van der Waals surface area (Å²) in [4.78, 5) is 12.3. The lowest BCUT2D eigenvalue weighted by Gasteiger charge is -2.17. The van der Waals surface area contributed by atoms with Crippen LogP contribution >= 0.6 is 11.8 Å². The lowest BCUT2D eigenvalue weighted by atomic mass is 9.90. The van der Waals surface area contributed by atoms with Crippen molar-refractivity contribution in [3.63, 3.8) is 0 Å². The first kappa shape index (κ1) is 34.8. The molecule has 0 spiro atoms. The zero-order chi connectivity index (χ0) is 26.0. The number of rotatable bonds is 26. The van der Waals surface area contributed by atoms with E-state index in [2.05, 4.69) is 34.6 Å². The third-order valence-electron chi connectivity index (χ3n) is 7.08. The Bertz CT molecular complexity index is 443. The lowest BCUT2D eigenvalue weighted by Crippen LogP contribution is -2.15. The normalized spacial score (nSPS) is 12.7. The van der Waals surface area contributed by atoms with E-state index in [0.717, 1.165) is 5.75 Å². The molecule has 0 aromatic carbocycles. The molecule has 0 aromatic heterocycles. The molecule has 0 aliphatic heterocycles. The number of thioether (sulfide) groups is 1. The van der Waals surface area contributed by atoms with E-state index in [9.17, 15) is 4.79 Å². The van der Waals surface area contributed by atoms with E-state index in [4.69, 9.17) is 4.74 Å². The summed E-state index contributed by atoms with van der Waals surface area (Å²) < 4.78 is 5.75. The molecule has 35 heavy (non-hydrogen) atoms. The fourth-order valence-corrected chi connectivity index (χ4v) is 5.59. The monoisotopic (exact) mass is 512 g/mol. The molecular formula is C32H64O2S. The van der Waals surface area contributed by atoms with Crippen molar-refractivity contribution in [1.82, 2.24) is 0 Å². The summed E-state index contributed by atoms with van der Waals surface area (Å²) in [6.07, 6.45) is 27.3. The summed E-state index contributed by atoms with van der Waals surface area (Å²) in [7, 11) is 0. The highest BCUT2D eigenvalue weighted by Crippen LogP contribution is 2.23. The second-order valence-corrected chi connectivity index (χ2v) is 13.3. The van der Waals surface area contributed by atoms with Crippen molar-refractivity contribution in [2.75, 3.05) is 18.1 Å². The molecule has 0 rings (SSSR count). The zero-order valence-electron chi connectivity index (χ0n) is 24.8. The molecule has 0 aromatic rings. The summed E-state index contributed by atoms with van der Waals surface area (Å²) >= 11 is 1.92. The van der Waals surface area contributed by atoms with Crippen molar-refractivity contribution in [3.8, 4) is 0 Å². The van der Waals surface area contributed by atoms with E-state index >= 15 is 0 Å². The zero-order valence-corrected chi connectivity index (χ0v) is 25.6. The highest BCUT2D eigenvalue weighted by Gasteiger charge is 2.13. The maximum absolute atomic E-state index is 12.3. The molecule has 0 radical (unpaired) electrons. The molecule has 0 amide bonds. The molecule has 0 N–H and O–H groups in total. The average molecular weight is 513 g/mol. The van der Waals surface area contributed by atoms with E-state index in [1.807, 2.05) is 11.8 Å². The van der Waals surface area contributed by atoms with Crippen LogP contribution in [0.3, 0.4) is 0 Å². The van der Waals surface area contributed by atoms with Crippen LogP contribution in [0.4, 0.5) is 0 Å². The van der Waals surface area contributed by atoms with Crippen LogP contribution in [-0.2, 0) is 9.53 Å². The molecule has 0 saturated heterocycles. The van der Waals surface area contributed by atoms with Crippen LogP contribution in [0.2, 0.25) is 0 Å². The Morgan fingerprint density at radius 2 is 1.14 bits per heavy atom. The molecule has 1 unspecified atom stereocenters. The van der Waals surface area contributed by atoms with Gasteiger partial charge in [0.05, 0.1) is 13.0 Å². The molecule has 0 aliphatic carbocycles. The van der Waals surface area contributed by atoms with Gasteiger partial charge in [-0.15, -0.1) is 0 Å². The molecule has 0 saturated carbocycles. The first-order chi connectivity index (χ1) is 16.9. The molecule has 0 fully saturated rings. The van der Waals surface area contributed by atoms with Crippen LogP contribution in [0, 0.1) is 11.3 Å². The van der Waals surface area contributed by atoms with E-state index in [0.29, 0.717) is 24.4 Å². The van der Waals surface area contributed by atoms with Gasteiger partial charge in [0.15, 0.2) is 0 Å². The van der Waals surface area contributed by atoms with Gasteiger partial charge >= 0.3 is 5.97 Å². The fraction of sp³-hybridized carbons (Fsp3) is 0.969. The quantitative estimate of drug-likeness (QED) is 0.0851. The molecule has 2 nitrogen and oxygen atoms in total. The van der Waals surface area contributed by atoms with Gasteiger partial charge in [-0.2, -0.15) is 11.8 Å². The van der Waals surface area contributed by atoms with E-state index in [-0.39, 0.29) is 5.97 Å². The van der Waals surface area contributed by atoms with Crippen molar-refractivity contribution < 1.29 is 9.53 Å². The van der Waals surface area contributed by atoms with Crippen LogP contribution in [0.15, 0.2) is 0 Å². The van der Waals surface area contributed by atoms with Gasteiger partial charge in [0.25, 0.3) is 0 Å². The minimum absolute atomic E-state index is 0.0223. The van der Waals surface area contributed by atoms with Crippen molar-refractivity contribution in [2.24, 2.45) is 11.3 Å². The van der Waals surface area contributed by atoms with Gasteiger partial charge in [-0.25, -0.2) is 0 Å². The van der Waals surface area contributed by atoms with Crippen molar-refractivity contribution in [1.29, 1.82) is 0 Å². The van der Waals surface area contributed by atoms with Crippen molar-refractivity contribution in [2.45, 2.75) is 169 Å². The second kappa shape index (κ2) is 25.5. The molecular weight excluding hydrogens is 448 g/mol. The molecule has 3 heteroatoms. The smallest absolute Gasteiger partial charge is 0.306 e. The maximum Gasteiger partial charge on any atom is 0.306 e. The van der Waals surface area contributed by atoms with Crippen molar-refractivity contribution in [3.05, 3.63) is 0 Å². The molecule has 210 valence electrons. The topological polar surface area (TPSA) is 26.3 Å². The molecule has 0 heterocycles. The lowest BCUT2D eigenvalue weighted by molar-refractivity contribution is -0.144. The number of ether oxygens (including phenoxy) is 1. The molecule has 0 bridgehead atoms. The van der Waals surface area contributed by atoms with Crippen LogP contribution in [0.1, 0.15) is 169 Å². The van der Waals surface area contributed by atoms with Gasteiger partial charge in [-0.1, -0.05) is 137 Å². The SMILES string of the molecule is CCCCCCCCCCC(CCCCCCCC)COC(=O)CCSCCCCCC(C)(C)C. The summed E-state index contributed by atoms with van der Waals surface area (Å²) in [6.45, 7) is 12.2. The standard InChI is InChI=1S/C32H64O2S/c1-6-8-10-12-14-15-17-20-24-30(23-19-16-13-11-9-7-2)29-34-31(33)25-28-35-27-22-18-21-26-32(3,4)5/h30H,6-29H2,1-5H3. The Labute approximate surface area is 225 Å². The first-order valence-electron chi connectivity index (χ1n) is 15.6. The van der Waals surface area contributed by atoms with Gasteiger partial charge in [-0.3, -0.25) is 4.79 Å². The Kier molecular flexibility index (Phi) is 25.3. The van der Waals surface area contributed by atoms with Crippen LogP contribution in [0.25, 0.3) is 0 Å². The number of unbranched alkanes of at least 4 members (excludes halogenated alkanes) is 14. The van der Waals surface area contributed by atoms with Gasteiger partial charge in [0.2, 0.25) is 0 Å². The van der Waals surface area contributed by atoms with E-state index < -0.39 is 0 Å². The van der Waals surface area contributed by atoms with E-state index in [1.54, 1.807) is 0 Å². The fourth-order valence-electron chi connectivity index (χ4n) is 4.67. The van der Waals surface area contributed by atoms with E-state index in [1.165, 1.54) is 134 Å². The maximum atomic E-state index is 12.3. The van der Waals surface area contributed by atoms with Crippen LogP contribution in [0.5, 0.6) is 0 Å². The Balaban J connectivity index is 3.97. The number of hydrogen-bond donors (Lipinski definition) is 0. The predicted octanol–water partition coefficient (Wildman–Crippen LogP) is 11.2. The third kappa shape index (κ3) is 28.2. The Morgan fingerprint density at radius 1 is 0.657 bits per heavy atom. The highest BCUT2D eigenvalue weighted by atomic mass is 32.2. The largest absolute Gasteiger partial charge is 0.465 e. The number of esters is 1. The number of carbonyl (C=O) groups excluding carboxylic acids is 1. The second-order valence-electron chi connectivity index (χ2n) is 12.1. The summed E-state index contributed by atoms with van der Waals surface area (Å²) in [6, 6.07) is 0. The summed E-state index contributed by atoms with van der Waals surface area (Å²) in [5.41, 5.74) is 0.456. The summed E-state index contributed by atoms with van der Waals surface area (Å²) in [5, 5.41) is 0. The minimum Gasteiger partial charge on any atom is -0.465 e.